The molecule has 0 spiro atoms. The van der Waals surface area contributed by atoms with Crippen LogP contribution in [-0.4, -0.2) is 214 Å². The van der Waals surface area contributed by atoms with Gasteiger partial charge in [0, 0.05) is 116 Å². The van der Waals surface area contributed by atoms with E-state index in [0.717, 1.165) is 44.2 Å². The first-order valence-corrected chi connectivity index (χ1v) is 48.8. The summed E-state index contributed by atoms with van der Waals surface area (Å²) in [5.74, 6) is -10.1. The van der Waals surface area contributed by atoms with E-state index in [0.29, 0.717) is 65.5 Å². The maximum atomic E-state index is 15.5. The molecule has 0 saturated carbocycles. The lowest BCUT2D eigenvalue weighted by Crippen LogP contribution is -2.65. The second-order valence-corrected chi connectivity index (χ2v) is 40.8. The molecule has 9 aromatic carbocycles. The van der Waals surface area contributed by atoms with Crippen molar-refractivity contribution in [3.63, 3.8) is 0 Å². The molecule has 41 nitrogen and oxygen atoms in total. The number of hydroxylamine groups is 6. The number of rotatable bonds is 41. The van der Waals surface area contributed by atoms with E-state index in [1.54, 1.807) is 165 Å². The number of primary amides is 1. The molecule has 12 N–H and O–H groups in total. The molecule has 3 heterocycles. The number of benzene rings is 9. The minimum absolute atomic E-state index is 0.101. The van der Waals surface area contributed by atoms with Crippen molar-refractivity contribution in [3.8, 4) is 0 Å². The predicted octanol–water partition coefficient (Wildman–Crippen LogP) is 3.15. The molecule has 1 unspecified atom stereocenters. The van der Waals surface area contributed by atoms with E-state index < -0.39 is 181 Å². The highest BCUT2D eigenvalue weighted by molar-refractivity contribution is 7.91. The number of fused-ring (bicyclic) bond motifs is 6. The normalized spacial score (nSPS) is 14.0. The summed E-state index contributed by atoms with van der Waals surface area (Å²) in [7, 11) is -19.2. The highest BCUT2D eigenvalue weighted by Crippen LogP contribution is 2.33. The Morgan fingerprint density at radius 1 is 0.408 bits per heavy atom. The number of nitrogens with one attached hydrogen (secondary N) is 10. The fourth-order valence-electron chi connectivity index (χ4n) is 13.1. The second-order valence-electron chi connectivity index (χ2n) is 29.6. The summed E-state index contributed by atoms with van der Waals surface area (Å²) in [5.41, 5.74) is 15.7. The third-order valence-electron chi connectivity index (χ3n) is 19.8. The number of anilines is 3. The van der Waals surface area contributed by atoms with Gasteiger partial charge in [-0.25, -0.2) is 77.1 Å². The van der Waals surface area contributed by atoms with Crippen LogP contribution in [0.3, 0.4) is 0 Å². The molecule has 49 heteroatoms. The third-order valence-corrected chi connectivity index (χ3v) is 29.4. The van der Waals surface area contributed by atoms with Crippen molar-refractivity contribution < 1.29 is 98.8 Å². The van der Waals surface area contributed by atoms with Crippen LogP contribution in [0.1, 0.15) is 13.8 Å². The quantitative estimate of drug-likeness (QED) is 0.0149. The Hall–Kier alpha value is -11.8. The summed E-state index contributed by atoms with van der Waals surface area (Å²) >= 11 is 8.73. The van der Waals surface area contributed by atoms with E-state index in [1.165, 1.54) is 91.4 Å². The number of pyridine rings is 3. The van der Waals surface area contributed by atoms with Gasteiger partial charge in [-0.1, -0.05) is 96.2 Å². The molecule has 7 atom stereocenters. The molecular weight excluding hydrogens is 1850 g/mol. The van der Waals surface area contributed by atoms with Crippen LogP contribution in [0.15, 0.2) is 248 Å². The van der Waals surface area contributed by atoms with Gasteiger partial charge in [-0.05, 0) is 144 Å². The van der Waals surface area contributed by atoms with Gasteiger partial charge in [-0.2, -0.15) is 53.8 Å². The number of carbonyl (C=O) groups is 6. The van der Waals surface area contributed by atoms with Gasteiger partial charge in [0.15, 0.2) is 0 Å². The Kier molecular flexibility index (Phi) is 30.4. The molecule has 0 fully saturated rings. The minimum Gasteiger partial charge on any atom is -0.377 e. The molecule has 3 aromatic heterocycles. The van der Waals surface area contributed by atoms with Crippen LogP contribution >= 0.6 is 25.3 Å². The summed E-state index contributed by atoms with van der Waals surface area (Å²) in [6.07, 6.45) is 2.20. The van der Waals surface area contributed by atoms with Crippen LogP contribution in [0.25, 0.3) is 65.0 Å². The number of hydrogen-bond donors (Lipinski definition) is 13. The summed E-state index contributed by atoms with van der Waals surface area (Å²) in [5, 5.41) is 1.47. The molecule has 130 heavy (non-hydrogen) atoms. The third kappa shape index (κ3) is 22.9. The second kappa shape index (κ2) is 40.7. The summed E-state index contributed by atoms with van der Waals surface area (Å²) in [6.45, 7) is -0.764. The predicted molar refractivity (Wildman–Crippen MR) is 487 cm³/mol. The molecule has 12 rings (SSSR count). The Morgan fingerprint density at radius 3 is 1.19 bits per heavy atom. The number of hydrogen-bond acceptors (Lipinski definition) is 31. The summed E-state index contributed by atoms with van der Waals surface area (Å²) in [4.78, 5) is 126. The van der Waals surface area contributed by atoms with Crippen molar-refractivity contribution in [2.75, 3.05) is 75.9 Å². The SMILES string of the molecule is C[C@H](NS(=O)(=O)c1ccc2cccnc2c1)C(=O)N(ONC(=O)CNS(=O)(=O)c1ccc2cccnc2c1)N(ONC(=O)[C@H](CONC(=O)[C@@H](NS(=O)(=O)c1ccc2cccc(N(C)C)c2c1)[C@@H](C)ONC(=O)[C@H](CS)NS(=O)(=O)c1ccc2cccc(N(C)C)c2c1)NS(=O)(=O)c1ccc2cccc(N(C)C)c2c1)C(S)[C@H](NS(=O)(=O)c1ccc2cccnc2c1)C(N)=O. The lowest BCUT2D eigenvalue weighted by Gasteiger charge is -2.37. The van der Waals surface area contributed by atoms with E-state index in [2.05, 4.69) is 59.1 Å². The van der Waals surface area contributed by atoms with Gasteiger partial charge in [-0.3, -0.25) is 53.4 Å². The van der Waals surface area contributed by atoms with Gasteiger partial charge in [0.1, 0.15) is 48.3 Å². The molecule has 0 aliphatic carbocycles. The zero-order valence-corrected chi connectivity index (χ0v) is 76.6. The number of hydrazine groups is 1. The number of sulfonamides is 6. The number of thiol groups is 2. The lowest BCUT2D eigenvalue weighted by molar-refractivity contribution is -0.416. The number of nitrogens with zero attached hydrogens (tertiary/aromatic N) is 8. The van der Waals surface area contributed by atoms with Gasteiger partial charge in [-0.15, -0.1) is 4.94 Å². The molecule has 686 valence electrons. The van der Waals surface area contributed by atoms with Gasteiger partial charge < -0.3 is 20.4 Å². The van der Waals surface area contributed by atoms with E-state index in [9.17, 15) is 56.5 Å². The fourth-order valence-corrected chi connectivity index (χ4v) is 21.1. The van der Waals surface area contributed by atoms with Gasteiger partial charge in [0.05, 0.1) is 52.5 Å². The zero-order chi connectivity index (χ0) is 94.1. The molecule has 0 aliphatic rings. The highest BCUT2D eigenvalue weighted by atomic mass is 32.2. The largest absolute Gasteiger partial charge is 0.377 e. The fraction of sp³-hybridized carbons (Fsp3) is 0.222. The van der Waals surface area contributed by atoms with Crippen LogP contribution in [-0.2, 0) is 108 Å². The van der Waals surface area contributed by atoms with Crippen molar-refractivity contribution in [1.29, 1.82) is 0 Å². The van der Waals surface area contributed by atoms with Crippen LogP contribution in [0.4, 0.5) is 17.1 Å². The maximum Gasteiger partial charge on any atom is 0.284 e. The van der Waals surface area contributed by atoms with Crippen LogP contribution in [0, 0.1) is 0 Å². The van der Waals surface area contributed by atoms with E-state index >= 15 is 22.8 Å². The molecule has 12 aromatic rings. The highest BCUT2D eigenvalue weighted by Gasteiger charge is 2.44. The maximum absolute atomic E-state index is 15.5. The first kappa shape index (κ1) is 97.2. The van der Waals surface area contributed by atoms with Crippen LogP contribution < -0.4 is 70.7 Å². The van der Waals surface area contributed by atoms with Crippen molar-refractivity contribution in [1.82, 2.24) is 75.5 Å². The van der Waals surface area contributed by atoms with Gasteiger partial charge in [0.25, 0.3) is 29.5 Å². The van der Waals surface area contributed by atoms with Crippen molar-refractivity contribution >= 4 is 203 Å². The molecule has 0 radical (unpaired) electrons. The smallest absolute Gasteiger partial charge is 0.284 e. The average molecular weight is 1940 g/mol. The standard InChI is InChI=1S/C81H87N19O22S8/c1-48(91-126(109,110)60-34-28-54-19-13-37-84-66(54)43-60)80(106)99(121-87-73(101)45-86-125(107,108)59-33-27-53-18-12-36-83-65(53)42-59)100(81(124)75(76(82)102)95-130(117,118)61-35-29-55-20-14-38-85-67(55)44-61)122-90-77(103)68(92-127(111,112)56-30-24-50-15-9-21-70(96(3)4)62(50)39-56)46-119-88-79(105)74(94-129(115,116)58-32-26-52-17-11-23-72(98(7)8)64(52)41-58)49(2)120-89-78(104)69(47-123)93-128(113,114)57-31-25-51-16-10-22-71(97(5)6)63(51)40-57/h9-44,48-49,68-69,74-75,81,86,91-95,123-124H,45-47H2,1-8H3,(H2,82,102)(H,87,101)(H,88,105)(H,89,104)(H,90,103)/t48-,49+,68-,69-,74-,75+,81?/m0/s1. The minimum atomic E-state index is -5.17. The number of carbonyl (C=O) groups excluding carboxylic acids is 6. The Morgan fingerprint density at radius 2 is 0.777 bits per heavy atom. The number of aromatic nitrogens is 3. The molecule has 0 bridgehead atoms. The van der Waals surface area contributed by atoms with Gasteiger partial charge >= 0.3 is 0 Å². The first-order valence-electron chi connectivity index (χ1n) is 38.7. The molecule has 0 aliphatic heterocycles. The Labute approximate surface area is 757 Å². The van der Waals surface area contributed by atoms with E-state index in [1.807, 2.05) is 20.4 Å². The van der Waals surface area contributed by atoms with Crippen LogP contribution in [0.5, 0.6) is 0 Å². The Bertz CT molecular complexity index is 7120. The van der Waals surface area contributed by atoms with Crippen molar-refractivity contribution in [2.24, 2.45) is 5.73 Å². The summed E-state index contributed by atoms with van der Waals surface area (Å²) < 4.78 is 186. The molecule has 0 saturated heterocycles. The van der Waals surface area contributed by atoms with E-state index in [-0.39, 0.29) is 31.8 Å². The van der Waals surface area contributed by atoms with Crippen LogP contribution in [0.2, 0.25) is 0 Å². The Balaban J connectivity index is 0.897. The zero-order valence-electron chi connectivity index (χ0n) is 69.9. The molecular formula is C81H87N19O22S8. The van der Waals surface area contributed by atoms with Crippen molar-refractivity contribution in [2.45, 2.75) is 84.9 Å². The van der Waals surface area contributed by atoms with E-state index in [4.69, 9.17) is 25.3 Å². The topological polar surface area (TPSA) is 545 Å². The number of nitrogens with two attached hydrogens (primary N) is 1. The van der Waals surface area contributed by atoms with Crippen molar-refractivity contribution in [3.05, 3.63) is 219 Å². The molecule has 6 amide bonds. The monoisotopic (exact) mass is 1930 g/mol. The first-order chi connectivity index (χ1) is 61.5. The number of amides is 6. The average Bonchev–Trinajstić information content (AvgIpc) is 0.789. The lowest BCUT2D eigenvalue weighted by atomic mass is 10.1. The van der Waals surface area contributed by atoms with Gasteiger partial charge in [0.2, 0.25) is 66.0 Å². The summed E-state index contributed by atoms with van der Waals surface area (Å²) in [6, 6.07) is 36.5.